The molecule has 2 N–H and O–H groups in total. The van der Waals surface area contributed by atoms with Crippen LogP contribution in [0.1, 0.15) is 46.7 Å². The first kappa shape index (κ1) is 26.8. The Labute approximate surface area is 223 Å². The molecule has 9 nitrogen and oxygen atoms in total. The Bertz CT molecular complexity index is 1250. The standard InChI is InChI=1S/C29H35N5O4/c1-4-32(5-2)28(36)24-20-23(30-27(35)26-8-6-19-38-26)13-14-25(24)33-15-7-16-34(18-17-33)29(37)31-22-11-9-21(3)10-12-22/h6,8-14,19-20H,4-5,7,15-18H2,1-3H3,(H,30,35)(H,31,37). The number of nitrogens with zero attached hydrogens (tertiary/aromatic N) is 3. The van der Waals surface area contributed by atoms with Crippen LogP contribution in [0.15, 0.2) is 65.3 Å². The molecule has 1 fully saturated rings. The van der Waals surface area contributed by atoms with Gasteiger partial charge in [0.05, 0.1) is 11.8 Å². The summed E-state index contributed by atoms with van der Waals surface area (Å²) >= 11 is 0. The molecule has 3 aromatic rings. The Hall–Kier alpha value is -4.27. The third-order valence-electron chi connectivity index (χ3n) is 6.71. The van der Waals surface area contributed by atoms with Gasteiger partial charge in [-0.3, -0.25) is 9.59 Å². The van der Waals surface area contributed by atoms with Crippen LogP contribution in [0.4, 0.5) is 21.9 Å². The number of rotatable bonds is 7. The highest BCUT2D eigenvalue weighted by Crippen LogP contribution is 2.28. The molecule has 1 saturated heterocycles. The highest BCUT2D eigenvalue weighted by atomic mass is 16.3. The Morgan fingerprint density at radius 1 is 0.895 bits per heavy atom. The van der Waals surface area contributed by atoms with Gasteiger partial charge in [0.15, 0.2) is 5.76 Å². The molecule has 0 unspecified atom stereocenters. The molecule has 0 atom stereocenters. The molecule has 200 valence electrons. The molecule has 0 bridgehead atoms. The van der Waals surface area contributed by atoms with Crippen LogP contribution in [-0.2, 0) is 0 Å². The number of hydrogen-bond acceptors (Lipinski definition) is 5. The van der Waals surface area contributed by atoms with E-state index in [1.54, 1.807) is 29.2 Å². The maximum absolute atomic E-state index is 13.5. The van der Waals surface area contributed by atoms with E-state index >= 15 is 0 Å². The molecule has 1 aliphatic rings. The zero-order chi connectivity index (χ0) is 27.1. The predicted molar refractivity (Wildman–Crippen MR) is 149 cm³/mol. The lowest BCUT2D eigenvalue weighted by Gasteiger charge is -2.28. The number of carbonyl (C=O) groups excluding carboxylic acids is 3. The molecule has 1 aromatic heterocycles. The first-order chi connectivity index (χ1) is 18.4. The zero-order valence-electron chi connectivity index (χ0n) is 22.2. The number of nitrogens with one attached hydrogen (secondary N) is 2. The average Bonchev–Trinajstić information content (AvgIpc) is 3.36. The maximum atomic E-state index is 13.5. The fraction of sp³-hybridized carbons (Fsp3) is 0.345. The second-order valence-corrected chi connectivity index (χ2v) is 9.26. The van der Waals surface area contributed by atoms with E-state index in [-0.39, 0.29) is 23.6 Å². The van der Waals surface area contributed by atoms with E-state index in [2.05, 4.69) is 15.5 Å². The van der Waals surface area contributed by atoms with Crippen molar-refractivity contribution in [3.8, 4) is 0 Å². The van der Waals surface area contributed by atoms with Gasteiger partial charge in [0.1, 0.15) is 0 Å². The Morgan fingerprint density at radius 2 is 1.63 bits per heavy atom. The van der Waals surface area contributed by atoms with Gasteiger partial charge in [-0.05, 0) is 69.7 Å². The molecular formula is C29H35N5O4. The number of amides is 4. The molecule has 0 radical (unpaired) electrons. The van der Waals surface area contributed by atoms with Crippen LogP contribution < -0.4 is 15.5 Å². The van der Waals surface area contributed by atoms with Gasteiger partial charge in [-0.15, -0.1) is 0 Å². The lowest BCUT2D eigenvalue weighted by molar-refractivity contribution is 0.0773. The summed E-state index contributed by atoms with van der Waals surface area (Å²) in [7, 11) is 0. The van der Waals surface area contributed by atoms with Crippen molar-refractivity contribution in [3.63, 3.8) is 0 Å². The predicted octanol–water partition coefficient (Wildman–Crippen LogP) is 5.07. The van der Waals surface area contributed by atoms with Crippen molar-refractivity contribution in [1.29, 1.82) is 0 Å². The van der Waals surface area contributed by atoms with E-state index in [9.17, 15) is 14.4 Å². The highest BCUT2D eigenvalue weighted by Gasteiger charge is 2.25. The Morgan fingerprint density at radius 3 is 2.32 bits per heavy atom. The molecule has 1 aliphatic heterocycles. The van der Waals surface area contributed by atoms with E-state index in [1.807, 2.05) is 56.0 Å². The van der Waals surface area contributed by atoms with E-state index in [0.717, 1.165) is 23.4 Å². The van der Waals surface area contributed by atoms with E-state index < -0.39 is 0 Å². The second-order valence-electron chi connectivity index (χ2n) is 9.26. The number of furan rings is 1. The van der Waals surface area contributed by atoms with Gasteiger partial charge >= 0.3 is 6.03 Å². The summed E-state index contributed by atoms with van der Waals surface area (Å²) in [6, 6.07) is 16.2. The monoisotopic (exact) mass is 517 g/mol. The molecule has 0 saturated carbocycles. The van der Waals surface area contributed by atoms with Crippen LogP contribution in [0.2, 0.25) is 0 Å². The first-order valence-corrected chi connectivity index (χ1v) is 13.0. The van der Waals surface area contributed by atoms with Crippen molar-refractivity contribution in [2.45, 2.75) is 27.2 Å². The van der Waals surface area contributed by atoms with Gasteiger partial charge in [-0.1, -0.05) is 17.7 Å². The van der Waals surface area contributed by atoms with Crippen molar-refractivity contribution in [1.82, 2.24) is 9.80 Å². The summed E-state index contributed by atoms with van der Waals surface area (Å²) in [5.74, 6) is -0.284. The van der Waals surface area contributed by atoms with E-state index in [1.165, 1.54) is 6.26 Å². The summed E-state index contributed by atoms with van der Waals surface area (Å²) < 4.78 is 5.19. The van der Waals surface area contributed by atoms with Crippen molar-refractivity contribution >= 4 is 34.9 Å². The van der Waals surface area contributed by atoms with Crippen LogP contribution in [0.25, 0.3) is 0 Å². The maximum Gasteiger partial charge on any atom is 0.321 e. The minimum absolute atomic E-state index is 0.0997. The van der Waals surface area contributed by atoms with Crippen LogP contribution in [0, 0.1) is 6.92 Å². The summed E-state index contributed by atoms with van der Waals surface area (Å²) in [5.41, 5.74) is 3.72. The van der Waals surface area contributed by atoms with Gasteiger partial charge in [0.2, 0.25) is 0 Å². The molecular weight excluding hydrogens is 482 g/mol. The van der Waals surface area contributed by atoms with Gasteiger partial charge in [-0.2, -0.15) is 0 Å². The Balaban J connectivity index is 1.52. The first-order valence-electron chi connectivity index (χ1n) is 13.0. The third-order valence-corrected chi connectivity index (χ3v) is 6.71. The average molecular weight is 518 g/mol. The fourth-order valence-electron chi connectivity index (χ4n) is 4.54. The number of urea groups is 1. The van der Waals surface area contributed by atoms with Crippen LogP contribution in [-0.4, -0.2) is 66.9 Å². The molecule has 4 amide bonds. The summed E-state index contributed by atoms with van der Waals surface area (Å²) in [6.45, 7) is 9.46. The van der Waals surface area contributed by atoms with E-state index in [4.69, 9.17) is 4.42 Å². The summed E-state index contributed by atoms with van der Waals surface area (Å²) in [4.78, 5) is 44.7. The highest BCUT2D eigenvalue weighted by molar-refractivity contribution is 6.05. The third kappa shape index (κ3) is 6.34. The van der Waals surface area contributed by atoms with Crippen LogP contribution in [0.3, 0.4) is 0 Å². The number of anilines is 3. The minimum Gasteiger partial charge on any atom is -0.459 e. The zero-order valence-corrected chi connectivity index (χ0v) is 22.2. The molecule has 2 heterocycles. The van der Waals surface area contributed by atoms with Crippen molar-refractivity contribution in [3.05, 3.63) is 77.7 Å². The number of benzene rings is 2. The lowest BCUT2D eigenvalue weighted by Crippen LogP contribution is -2.38. The number of aryl methyl sites for hydroxylation is 1. The lowest BCUT2D eigenvalue weighted by atomic mass is 10.1. The van der Waals surface area contributed by atoms with E-state index in [0.29, 0.717) is 50.5 Å². The van der Waals surface area contributed by atoms with Crippen molar-refractivity contribution < 1.29 is 18.8 Å². The van der Waals surface area contributed by atoms with Crippen LogP contribution in [0.5, 0.6) is 0 Å². The number of carbonyl (C=O) groups is 3. The topological polar surface area (TPSA) is 98.1 Å². The van der Waals surface area contributed by atoms with Gasteiger partial charge in [-0.25, -0.2) is 4.79 Å². The molecule has 0 spiro atoms. The molecule has 0 aliphatic carbocycles. The summed E-state index contributed by atoms with van der Waals surface area (Å²) in [6.07, 6.45) is 2.20. The smallest absolute Gasteiger partial charge is 0.321 e. The molecule has 9 heteroatoms. The van der Waals surface area contributed by atoms with Gasteiger partial charge < -0.3 is 29.8 Å². The molecule has 4 rings (SSSR count). The normalized spacial score (nSPS) is 13.6. The van der Waals surface area contributed by atoms with Gasteiger partial charge in [0.25, 0.3) is 11.8 Å². The second kappa shape index (κ2) is 12.3. The largest absolute Gasteiger partial charge is 0.459 e. The number of hydrogen-bond donors (Lipinski definition) is 2. The quantitative estimate of drug-likeness (QED) is 0.456. The van der Waals surface area contributed by atoms with Crippen molar-refractivity contribution in [2.75, 3.05) is 54.8 Å². The van der Waals surface area contributed by atoms with Gasteiger partial charge in [0, 0.05) is 56.3 Å². The molecule has 2 aromatic carbocycles. The van der Waals surface area contributed by atoms with Crippen LogP contribution >= 0.6 is 0 Å². The molecule has 38 heavy (non-hydrogen) atoms. The summed E-state index contributed by atoms with van der Waals surface area (Å²) in [5, 5.41) is 5.80. The Kier molecular flexibility index (Phi) is 8.68. The minimum atomic E-state index is -0.381. The SMILES string of the molecule is CCN(CC)C(=O)c1cc(NC(=O)c2ccco2)ccc1N1CCCN(C(=O)Nc2ccc(C)cc2)CC1. The fourth-order valence-corrected chi connectivity index (χ4v) is 4.54. The van der Waals surface area contributed by atoms with Crippen molar-refractivity contribution in [2.24, 2.45) is 0 Å².